The normalized spacial score (nSPS) is 21.9. The van der Waals surface area contributed by atoms with Gasteiger partial charge in [0.1, 0.15) is 0 Å². The van der Waals surface area contributed by atoms with Crippen LogP contribution in [-0.4, -0.2) is 45.1 Å². The molecular weight excluding hydrogens is 314 g/mol. The summed E-state index contributed by atoms with van der Waals surface area (Å²) in [4.78, 5) is 0.261. The van der Waals surface area contributed by atoms with E-state index < -0.39 is 9.84 Å². The van der Waals surface area contributed by atoms with E-state index in [9.17, 15) is 8.42 Å². The summed E-state index contributed by atoms with van der Waals surface area (Å²) in [5.41, 5.74) is 1.04. The summed E-state index contributed by atoms with van der Waals surface area (Å²) in [6, 6.07) is 7.22. The van der Waals surface area contributed by atoms with Crippen molar-refractivity contribution in [2.75, 3.05) is 25.6 Å². The molecule has 6 heteroatoms. The van der Waals surface area contributed by atoms with Gasteiger partial charge in [0.15, 0.2) is 9.84 Å². The SMILES string of the molecule is CC(C)CC1COCC1NCc1ccc(S(=O)(=O)CCO)cc1. The highest BCUT2D eigenvalue weighted by molar-refractivity contribution is 7.91. The third-order valence-electron chi connectivity index (χ3n) is 4.18. The summed E-state index contributed by atoms with van der Waals surface area (Å²) in [6.45, 7) is 6.34. The van der Waals surface area contributed by atoms with Crippen molar-refractivity contribution in [2.24, 2.45) is 11.8 Å². The number of ether oxygens (including phenoxy) is 1. The second kappa shape index (κ2) is 8.24. The van der Waals surface area contributed by atoms with Crippen LogP contribution in [0.3, 0.4) is 0 Å². The number of aliphatic hydroxyl groups is 1. The van der Waals surface area contributed by atoms with Crippen molar-refractivity contribution < 1.29 is 18.3 Å². The van der Waals surface area contributed by atoms with Gasteiger partial charge in [-0.05, 0) is 30.0 Å². The first-order valence-electron chi connectivity index (χ1n) is 8.16. The molecule has 0 amide bonds. The molecule has 1 aromatic carbocycles. The quantitative estimate of drug-likeness (QED) is 0.751. The molecule has 2 unspecified atom stereocenters. The molecule has 1 heterocycles. The molecule has 2 atom stereocenters. The Balaban J connectivity index is 1.91. The second-order valence-electron chi connectivity index (χ2n) is 6.60. The minimum atomic E-state index is -3.37. The van der Waals surface area contributed by atoms with Crippen LogP contribution in [0, 0.1) is 11.8 Å². The van der Waals surface area contributed by atoms with Crippen LogP contribution in [0.25, 0.3) is 0 Å². The Morgan fingerprint density at radius 1 is 1.26 bits per heavy atom. The number of hydrogen-bond acceptors (Lipinski definition) is 5. The maximum atomic E-state index is 11.9. The van der Waals surface area contributed by atoms with Crippen molar-refractivity contribution in [1.29, 1.82) is 0 Å². The average molecular weight is 341 g/mol. The number of rotatable bonds is 8. The van der Waals surface area contributed by atoms with E-state index in [0.29, 0.717) is 24.4 Å². The maximum Gasteiger partial charge on any atom is 0.180 e. The predicted molar refractivity (Wildman–Crippen MR) is 90.0 cm³/mol. The van der Waals surface area contributed by atoms with Crippen molar-refractivity contribution in [2.45, 2.75) is 37.8 Å². The molecule has 2 N–H and O–H groups in total. The lowest BCUT2D eigenvalue weighted by molar-refractivity contribution is 0.179. The van der Waals surface area contributed by atoms with E-state index in [0.717, 1.165) is 25.2 Å². The van der Waals surface area contributed by atoms with Crippen LogP contribution < -0.4 is 5.32 Å². The van der Waals surface area contributed by atoms with E-state index in [1.165, 1.54) is 0 Å². The van der Waals surface area contributed by atoms with Crippen LogP contribution in [0.15, 0.2) is 29.2 Å². The fourth-order valence-corrected chi connectivity index (χ4v) is 3.99. The first-order chi connectivity index (χ1) is 10.9. The van der Waals surface area contributed by atoms with Crippen LogP contribution in [0.1, 0.15) is 25.8 Å². The first-order valence-corrected chi connectivity index (χ1v) is 9.81. The highest BCUT2D eigenvalue weighted by atomic mass is 32.2. The van der Waals surface area contributed by atoms with Gasteiger partial charge in [0.05, 0.1) is 30.5 Å². The van der Waals surface area contributed by atoms with E-state index in [4.69, 9.17) is 9.84 Å². The van der Waals surface area contributed by atoms with Gasteiger partial charge in [-0.2, -0.15) is 0 Å². The van der Waals surface area contributed by atoms with Crippen molar-refractivity contribution in [3.8, 4) is 0 Å². The topological polar surface area (TPSA) is 75.6 Å². The Morgan fingerprint density at radius 2 is 1.96 bits per heavy atom. The summed E-state index contributed by atoms with van der Waals surface area (Å²) < 4.78 is 29.3. The van der Waals surface area contributed by atoms with E-state index in [2.05, 4.69) is 19.2 Å². The van der Waals surface area contributed by atoms with E-state index in [-0.39, 0.29) is 17.3 Å². The molecule has 0 saturated carbocycles. The van der Waals surface area contributed by atoms with Crippen molar-refractivity contribution in [3.05, 3.63) is 29.8 Å². The molecule has 1 aliphatic rings. The maximum absolute atomic E-state index is 11.9. The molecule has 130 valence electrons. The number of nitrogens with one attached hydrogen (secondary N) is 1. The van der Waals surface area contributed by atoms with Gasteiger partial charge >= 0.3 is 0 Å². The summed E-state index contributed by atoms with van der Waals surface area (Å²) >= 11 is 0. The van der Waals surface area contributed by atoms with Crippen LogP contribution in [0.2, 0.25) is 0 Å². The minimum Gasteiger partial charge on any atom is -0.395 e. The third-order valence-corrected chi connectivity index (χ3v) is 5.89. The smallest absolute Gasteiger partial charge is 0.180 e. The van der Waals surface area contributed by atoms with Gasteiger partial charge in [-0.15, -0.1) is 0 Å². The Labute approximate surface area is 139 Å². The highest BCUT2D eigenvalue weighted by Gasteiger charge is 2.28. The molecule has 0 aromatic heterocycles. The zero-order chi connectivity index (χ0) is 16.9. The van der Waals surface area contributed by atoms with Crippen molar-refractivity contribution in [3.63, 3.8) is 0 Å². The highest BCUT2D eigenvalue weighted by Crippen LogP contribution is 2.22. The predicted octanol–water partition coefficient (Wildman–Crippen LogP) is 1.60. The van der Waals surface area contributed by atoms with E-state index >= 15 is 0 Å². The molecule has 5 nitrogen and oxygen atoms in total. The van der Waals surface area contributed by atoms with Crippen LogP contribution in [0.5, 0.6) is 0 Å². The molecule has 2 rings (SSSR count). The van der Waals surface area contributed by atoms with Crippen molar-refractivity contribution in [1.82, 2.24) is 5.32 Å². The molecule has 1 saturated heterocycles. The number of aliphatic hydroxyl groups excluding tert-OH is 1. The fraction of sp³-hybridized carbons (Fsp3) is 0.647. The molecule has 1 aromatic rings. The van der Waals surface area contributed by atoms with Crippen molar-refractivity contribution >= 4 is 9.84 Å². The molecule has 1 aliphatic heterocycles. The standard InChI is InChI=1S/C17H27NO4S/c1-13(2)9-15-11-22-12-17(15)18-10-14-3-5-16(6-4-14)23(20,21)8-7-19/h3-6,13,15,17-19H,7-12H2,1-2H3. The minimum absolute atomic E-state index is 0.235. The van der Waals surface area contributed by atoms with Crippen LogP contribution in [-0.2, 0) is 21.1 Å². The van der Waals surface area contributed by atoms with Gasteiger partial charge in [0.2, 0.25) is 0 Å². The van der Waals surface area contributed by atoms with Gasteiger partial charge in [0, 0.05) is 18.5 Å². The summed E-state index contributed by atoms with van der Waals surface area (Å²) in [6.07, 6.45) is 1.15. The molecule has 0 aliphatic carbocycles. The molecular formula is C17H27NO4S. The lowest BCUT2D eigenvalue weighted by Gasteiger charge is -2.20. The zero-order valence-electron chi connectivity index (χ0n) is 13.9. The first kappa shape index (κ1) is 18.4. The fourth-order valence-electron chi connectivity index (χ4n) is 2.96. The van der Waals surface area contributed by atoms with Crippen LogP contribution >= 0.6 is 0 Å². The number of sulfone groups is 1. The van der Waals surface area contributed by atoms with Crippen LogP contribution in [0.4, 0.5) is 0 Å². The lowest BCUT2D eigenvalue weighted by atomic mass is 9.93. The Hall–Kier alpha value is -0.950. The van der Waals surface area contributed by atoms with Gasteiger partial charge in [-0.3, -0.25) is 0 Å². The lowest BCUT2D eigenvalue weighted by Crippen LogP contribution is -2.35. The molecule has 0 radical (unpaired) electrons. The summed E-state index contributed by atoms with van der Waals surface area (Å²) in [5.74, 6) is 0.960. The van der Waals surface area contributed by atoms with E-state index in [1.807, 2.05) is 12.1 Å². The van der Waals surface area contributed by atoms with E-state index in [1.54, 1.807) is 12.1 Å². The molecule has 0 bridgehead atoms. The van der Waals surface area contributed by atoms with Gasteiger partial charge in [-0.1, -0.05) is 26.0 Å². The second-order valence-corrected chi connectivity index (χ2v) is 8.71. The number of benzene rings is 1. The monoisotopic (exact) mass is 341 g/mol. The summed E-state index contributed by atoms with van der Waals surface area (Å²) in [7, 11) is -3.37. The van der Waals surface area contributed by atoms with Gasteiger partial charge in [-0.25, -0.2) is 8.42 Å². The molecule has 0 spiro atoms. The Bertz CT molecular complexity index is 583. The van der Waals surface area contributed by atoms with Gasteiger partial charge in [0.25, 0.3) is 0 Å². The average Bonchev–Trinajstić information content (AvgIpc) is 2.92. The summed E-state index contributed by atoms with van der Waals surface area (Å²) in [5, 5.41) is 12.3. The van der Waals surface area contributed by atoms with Gasteiger partial charge < -0.3 is 15.2 Å². The number of hydrogen-bond donors (Lipinski definition) is 2. The largest absolute Gasteiger partial charge is 0.395 e. The Kier molecular flexibility index (Phi) is 6.59. The molecule has 23 heavy (non-hydrogen) atoms. The zero-order valence-corrected chi connectivity index (χ0v) is 14.7. The Morgan fingerprint density at radius 3 is 2.57 bits per heavy atom. The molecule has 1 fully saturated rings. The third kappa shape index (κ3) is 5.28.